The molecule has 0 radical (unpaired) electrons. The Morgan fingerprint density at radius 1 is 1.44 bits per heavy atom. The van der Waals surface area contributed by atoms with Gasteiger partial charge in [-0.2, -0.15) is 0 Å². The van der Waals surface area contributed by atoms with E-state index in [0.29, 0.717) is 0 Å². The summed E-state index contributed by atoms with van der Waals surface area (Å²) in [6, 6.07) is 0. The van der Waals surface area contributed by atoms with Gasteiger partial charge in [-0.25, -0.2) is 0 Å². The molecule has 1 fully saturated rings. The molecule has 1 heterocycles. The second-order valence-corrected chi connectivity index (χ2v) is 5.35. The first-order chi connectivity index (χ1) is 7.19. The molecule has 90 valence electrons. The molecule has 1 aliphatic heterocycles. The van der Waals surface area contributed by atoms with Crippen molar-refractivity contribution in [2.45, 2.75) is 24.4 Å². The molecule has 0 bridgehead atoms. The van der Waals surface area contributed by atoms with Gasteiger partial charge in [-0.05, 0) is 6.42 Å². The zero-order valence-electron chi connectivity index (χ0n) is 7.95. The fourth-order valence-corrected chi connectivity index (χ4v) is 2.47. The number of esters is 2. The molecular weight excluding hydrogens is 243 g/mol. The number of hydrogen-bond donors (Lipinski definition) is 3. The van der Waals surface area contributed by atoms with Gasteiger partial charge in [0, 0.05) is 6.42 Å². The Morgan fingerprint density at radius 3 is 2.38 bits per heavy atom. The summed E-state index contributed by atoms with van der Waals surface area (Å²) in [5.41, 5.74) is 0. The van der Waals surface area contributed by atoms with E-state index >= 15 is 0 Å². The molecule has 1 unspecified atom stereocenters. The molecule has 1 aliphatic rings. The average molecular weight is 252 g/mol. The van der Waals surface area contributed by atoms with Crippen LogP contribution in [0.2, 0.25) is 0 Å². The number of carboxylic acid groups (broad SMARTS) is 1. The maximum atomic E-state index is 11.3. The molecule has 0 aliphatic carbocycles. The van der Waals surface area contributed by atoms with Crippen molar-refractivity contribution in [3.05, 3.63) is 0 Å². The maximum absolute atomic E-state index is 11.3. The Kier molecular flexibility index (Phi) is 3.18. The molecule has 0 spiro atoms. The number of carboxylic acids is 1. The van der Waals surface area contributed by atoms with Crippen molar-refractivity contribution in [1.29, 1.82) is 0 Å². The molecule has 1 atom stereocenters. The van der Waals surface area contributed by atoms with Crippen LogP contribution in [0.15, 0.2) is 0 Å². The van der Waals surface area contributed by atoms with E-state index in [1.54, 1.807) is 0 Å². The van der Waals surface area contributed by atoms with Crippen LogP contribution in [-0.2, 0) is 23.7 Å². The number of carbonyl (C=O) groups excluding carboxylic acids is 2. The van der Waals surface area contributed by atoms with Crippen LogP contribution < -0.4 is 0 Å². The van der Waals surface area contributed by atoms with Crippen molar-refractivity contribution in [3.63, 3.8) is 0 Å². The number of cyclic esters (lactones) is 2. The predicted octanol–water partition coefficient (Wildman–Crippen LogP) is -0.759. The molecule has 9 heteroatoms. The normalized spacial score (nSPS) is 26.4. The first-order valence-electron chi connectivity index (χ1n) is 4.21. The Balaban J connectivity index is 3.15. The minimum Gasteiger partial charge on any atom is -0.481 e. The highest BCUT2D eigenvalue weighted by Crippen LogP contribution is 2.57. The first-order valence-corrected chi connectivity index (χ1v) is 5.83. The van der Waals surface area contributed by atoms with Crippen LogP contribution in [0.3, 0.4) is 0 Å². The molecule has 0 aromatic heterocycles. The highest BCUT2D eigenvalue weighted by molar-refractivity contribution is 7.54. The summed E-state index contributed by atoms with van der Waals surface area (Å²) >= 11 is 0. The van der Waals surface area contributed by atoms with E-state index in [2.05, 4.69) is 4.74 Å². The molecule has 1 saturated heterocycles. The fraction of sp³-hybridized carbons (Fsp3) is 0.571. The first kappa shape index (κ1) is 12.8. The van der Waals surface area contributed by atoms with Gasteiger partial charge in [0.1, 0.15) is 0 Å². The van der Waals surface area contributed by atoms with E-state index < -0.39 is 49.9 Å². The maximum Gasteiger partial charge on any atom is 0.343 e. The standard InChI is InChI=1S/C7H9O8P/c8-4(9)3-7(16(12,13)14)2-1-5(10)15-6(7)11/h1-3H2,(H,8,9)(H2,12,13,14). The molecule has 8 nitrogen and oxygen atoms in total. The van der Waals surface area contributed by atoms with Crippen LogP contribution in [-0.4, -0.2) is 38.0 Å². The van der Waals surface area contributed by atoms with Crippen LogP contribution in [0.5, 0.6) is 0 Å². The second kappa shape index (κ2) is 3.97. The summed E-state index contributed by atoms with van der Waals surface area (Å²) < 4.78 is 15.3. The summed E-state index contributed by atoms with van der Waals surface area (Å²) in [6.45, 7) is 0. The van der Waals surface area contributed by atoms with Crippen LogP contribution in [0.25, 0.3) is 0 Å². The molecular formula is C7H9O8P. The van der Waals surface area contributed by atoms with Gasteiger partial charge in [-0.15, -0.1) is 0 Å². The lowest BCUT2D eigenvalue weighted by Crippen LogP contribution is -2.46. The number of ether oxygens (including phenoxy) is 1. The van der Waals surface area contributed by atoms with Gasteiger partial charge in [0.2, 0.25) is 0 Å². The van der Waals surface area contributed by atoms with Crippen LogP contribution in [0.4, 0.5) is 0 Å². The van der Waals surface area contributed by atoms with Gasteiger partial charge in [0.25, 0.3) is 0 Å². The number of rotatable bonds is 3. The lowest BCUT2D eigenvalue weighted by molar-refractivity contribution is -0.168. The molecule has 1 rings (SSSR count). The number of carbonyl (C=O) groups is 3. The average Bonchev–Trinajstić information content (AvgIpc) is 2.07. The van der Waals surface area contributed by atoms with Gasteiger partial charge in [-0.3, -0.25) is 18.9 Å². The van der Waals surface area contributed by atoms with E-state index in [1.165, 1.54) is 0 Å². The molecule has 16 heavy (non-hydrogen) atoms. The van der Waals surface area contributed by atoms with E-state index in [0.717, 1.165) is 0 Å². The quantitative estimate of drug-likeness (QED) is 0.338. The molecule has 0 aromatic rings. The van der Waals surface area contributed by atoms with Crippen LogP contribution >= 0.6 is 7.60 Å². The smallest absolute Gasteiger partial charge is 0.343 e. The number of aliphatic carboxylic acids is 1. The summed E-state index contributed by atoms with van der Waals surface area (Å²) in [5.74, 6) is -3.94. The molecule has 0 amide bonds. The van der Waals surface area contributed by atoms with Gasteiger partial charge in [0.15, 0.2) is 5.16 Å². The Morgan fingerprint density at radius 2 is 2.00 bits per heavy atom. The van der Waals surface area contributed by atoms with E-state index in [4.69, 9.17) is 14.9 Å². The Hall–Kier alpha value is -1.24. The van der Waals surface area contributed by atoms with Gasteiger partial charge >= 0.3 is 25.5 Å². The van der Waals surface area contributed by atoms with Crippen molar-refractivity contribution in [2.75, 3.05) is 0 Å². The Bertz CT molecular complexity index is 395. The van der Waals surface area contributed by atoms with Crippen LogP contribution in [0, 0.1) is 0 Å². The van der Waals surface area contributed by atoms with Crippen molar-refractivity contribution < 1.29 is 38.6 Å². The predicted molar refractivity (Wildman–Crippen MR) is 47.4 cm³/mol. The molecule has 0 aromatic carbocycles. The third-order valence-electron chi connectivity index (χ3n) is 2.33. The minimum atomic E-state index is -5.02. The zero-order valence-corrected chi connectivity index (χ0v) is 8.85. The highest BCUT2D eigenvalue weighted by atomic mass is 31.2. The topological polar surface area (TPSA) is 138 Å². The molecule has 3 N–H and O–H groups in total. The third kappa shape index (κ3) is 2.13. The largest absolute Gasteiger partial charge is 0.481 e. The van der Waals surface area contributed by atoms with Crippen molar-refractivity contribution in [1.82, 2.24) is 0 Å². The summed E-state index contributed by atoms with van der Waals surface area (Å²) in [6.07, 6.45) is -1.99. The van der Waals surface area contributed by atoms with E-state index in [-0.39, 0.29) is 0 Å². The van der Waals surface area contributed by atoms with Gasteiger partial charge < -0.3 is 19.6 Å². The van der Waals surface area contributed by atoms with Gasteiger partial charge in [0.05, 0.1) is 6.42 Å². The zero-order chi connectivity index (χ0) is 12.6. The Labute approximate surface area is 89.4 Å². The fourth-order valence-electron chi connectivity index (χ4n) is 1.44. The highest BCUT2D eigenvalue weighted by Gasteiger charge is 2.58. The monoisotopic (exact) mass is 252 g/mol. The minimum absolute atomic E-state index is 0.399. The molecule has 0 saturated carbocycles. The van der Waals surface area contributed by atoms with Crippen molar-refractivity contribution >= 4 is 25.5 Å². The number of hydrogen-bond acceptors (Lipinski definition) is 5. The van der Waals surface area contributed by atoms with Crippen molar-refractivity contribution in [2.24, 2.45) is 0 Å². The van der Waals surface area contributed by atoms with Crippen molar-refractivity contribution in [3.8, 4) is 0 Å². The van der Waals surface area contributed by atoms with Gasteiger partial charge in [-0.1, -0.05) is 0 Å². The van der Waals surface area contributed by atoms with Crippen LogP contribution in [0.1, 0.15) is 19.3 Å². The van der Waals surface area contributed by atoms with E-state index in [1.807, 2.05) is 0 Å². The SMILES string of the molecule is O=C(O)CC1(P(=O)(O)O)CCC(=O)OC1=O. The second-order valence-electron chi connectivity index (χ2n) is 3.41. The van der Waals surface area contributed by atoms with E-state index in [9.17, 15) is 18.9 Å². The summed E-state index contributed by atoms with van der Waals surface area (Å²) in [4.78, 5) is 50.6. The summed E-state index contributed by atoms with van der Waals surface area (Å²) in [7, 11) is -5.02. The summed E-state index contributed by atoms with van der Waals surface area (Å²) in [5, 5.41) is 6.10. The third-order valence-corrected chi connectivity index (χ3v) is 4.01. The lowest BCUT2D eigenvalue weighted by Gasteiger charge is -2.32. The lowest BCUT2D eigenvalue weighted by atomic mass is 9.96.